The highest BCUT2D eigenvalue weighted by Crippen LogP contribution is 2.34. The molecule has 3 aromatic rings. The van der Waals surface area contributed by atoms with E-state index in [-0.39, 0.29) is 5.91 Å². The topological polar surface area (TPSA) is 82.4 Å². The number of rotatable bonds is 5. The molecule has 0 aliphatic carbocycles. The molecule has 1 aromatic heterocycles. The smallest absolute Gasteiger partial charge is 0.264 e. The number of carbonyl (C=O) groups excluding carboxylic acids is 1. The highest BCUT2D eigenvalue weighted by molar-refractivity contribution is 7.83. The van der Waals surface area contributed by atoms with Gasteiger partial charge in [-0.1, -0.05) is 24.3 Å². The molecule has 1 N–H and O–H groups in total. The highest BCUT2D eigenvalue weighted by Gasteiger charge is 2.29. The second-order valence-corrected chi connectivity index (χ2v) is 7.70. The molecule has 2 aromatic carbocycles. The molecular weight excluding hydrogens is 378 g/mol. The van der Waals surface area contributed by atoms with E-state index >= 15 is 0 Å². The quantitative estimate of drug-likeness (QED) is 0.716. The maximum absolute atomic E-state index is 13.1. The van der Waals surface area contributed by atoms with Crippen molar-refractivity contribution in [2.75, 3.05) is 19.5 Å². The van der Waals surface area contributed by atoms with E-state index in [1.165, 1.54) is 14.2 Å². The number of hydrogen-bond donors (Lipinski definition) is 1. The van der Waals surface area contributed by atoms with E-state index < -0.39 is 10.8 Å². The minimum Gasteiger partial charge on any atom is -0.496 e. The van der Waals surface area contributed by atoms with Gasteiger partial charge in [0.25, 0.3) is 5.91 Å². The lowest BCUT2D eigenvalue weighted by Gasteiger charge is -2.15. The van der Waals surface area contributed by atoms with Crippen LogP contribution < -0.4 is 14.8 Å². The van der Waals surface area contributed by atoms with Gasteiger partial charge in [-0.05, 0) is 24.3 Å². The molecule has 1 aliphatic rings. The SMILES string of the molecule is COc1cccc(OC)c1C(=O)Nc1c2c(nn1-c1ccccc1)C[S@](=O)C2. The van der Waals surface area contributed by atoms with Crippen molar-refractivity contribution in [3.8, 4) is 17.2 Å². The predicted octanol–water partition coefficient (Wildman–Crippen LogP) is 2.90. The molecule has 0 unspecified atom stereocenters. The first-order valence-electron chi connectivity index (χ1n) is 8.66. The van der Waals surface area contributed by atoms with Crippen LogP contribution in [0, 0.1) is 0 Å². The van der Waals surface area contributed by atoms with Crippen molar-refractivity contribution in [3.63, 3.8) is 0 Å². The minimum atomic E-state index is -1.01. The van der Waals surface area contributed by atoms with Crippen LogP contribution in [-0.2, 0) is 22.3 Å². The second kappa shape index (κ2) is 7.47. The van der Waals surface area contributed by atoms with E-state index in [4.69, 9.17) is 9.47 Å². The van der Waals surface area contributed by atoms with E-state index in [1.807, 2.05) is 30.3 Å². The van der Waals surface area contributed by atoms with Gasteiger partial charge < -0.3 is 14.8 Å². The van der Waals surface area contributed by atoms with Crippen molar-refractivity contribution in [1.29, 1.82) is 0 Å². The van der Waals surface area contributed by atoms with Crippen molar-refractivity contribution in [1.82, 2.24) is 9.78 Å². The number of carbonyl (C=O) groups is 1. The largest absolute Gasteiger partial charge is 0.496 e. The third-order valence-corrected chi connectivity index (χ3v) is 5.76. The zero-order valence-electron chi connectivity index (χ0n) is 15.5. The summed E-state index contributed by atoms with van der Waals surface area (Å²) in [4.78, 5) is 13.1. The fourth-order valence-corrected chi connectivity index (χ4v) is 4.52. The van der Waals surface area contributed by atoms with Crippen molar-refractivity contribution in [2.45, 2.75) is 11.5 Å². The fraction of sp³-hybridized carbons (Fsp3) is 0.200. The summed E-state index contributed by atoms with van der Waals surface area (Å²) in [5.74, 6) is 1.69. The lowest BCUT2D eigenvalue weighted by atomic mass is 10.1. The van der Waals surface area contributed by atoms with Crippen molar-refractivity contribution >= 4 is 22.5 Å². The standard InChI is InChI=1S/C20H19N3O4S/c1-26-16-9-6-10-17(27-2)18(16)20(24)21-19-14-11-28(25)12-15(14)22-23(19)13-7-4-3-5-8-13/h3-10H,11-12H2,1-2H3,(H,21,24)/t28-/m1/s1. The second-order valence-electron chi connectivity index (χ2n) is 6.24. The maximum atomic E-state index is 13.1. The molecule has 0 spiro atoms. The van der Waals surface area contributed by atoms with Gasteiger partial charge in [0.05, 0.1) is 37.1 Å². The van der Waals surface area contributed by atoms with E-state index in [2.05, 4.69) is 10.4 Å². The van der Waals surface area contributed by atoms with Crippen LogP contribution in [0.2, 0.25) is 0 Å². The first-order valence-corrected chi connectivity index (χ1v) is 10.1. The zero-order chi connectivity index (χ0) is 19.7. The van der Waals surface area contributed by atoms with Crippen LogP contribution in [0.1, 0.15) is 21.6 Å². The summed E-state index contributed by atoms with van der Waals surface area (Å²) >= 11 is 0. The number of nitrogens with one attached hydrogen (secondary N) is 1. The van der Waals surface area contributed by atoms with Crippen LogP contribution >= 0.6 is 0 Å². The summed E-state index contributed by atoms with van der Waals surface area (Å²) in [6, 6.07) is 14.7. The summed E-state index contributed by atoms with van der Waals surface area (Å²) < 4.78 is 24.4. The fourth-order valence-electron chi connectivity index (χ4n) is 3.26. The molecule has 0 fully saturated rings. The number of anilines is 1. The number of methoxy groups -OCH3 is 2. The summed E-state index contributed by atoms with van der Waals surface area (Å²) in [5.41, 5.74) is 2.64. The molecule has 0 saturated carbocycles. The Balaban J connectivity index is 1.79. The molecule has 1 aliphatic heterocycles. The maximum Gasteiger partial charge on any atom is 0.264 e. The lowest BCUT2D eigenvalue weighted by Crippen LogP contribution is -2.18. The molecule has 0 bridgehead atoms. The molecule has 4 rings (SSSR count). The van der Waals surface area contributed by atoms with Crippen molar-refractivity contribution in [3.05, 3.63) is 65.4 Å². The van der Waals surface area contributed by atoms with Crippen molar-refractivity contribution < 1.29 is 18.5 Å². The molecule has 1 amide bonds. The number of amides is 1. The van der Waals surface area contributed by atoms with Gasteiger partial charge in [0.1, 0.15) is 22.9 Å². The first kappa shape index (κ1) is 18.2. The molecular formula is C20H19N3O4S. The number of para-hydroxylation sites is 1. The number of nitrogens with zero attached hydrogens (tertiary/aromatic N) is 2. The summed E-state index contributed by atoms with van der Waals surface area (Å²) in [6.07, 6.45) is 0. The van der Waals surface area contributed by atoms with Gasteiger partial charge >= 0.3 is 0 Å². The van der Waals surface area contributed by atoms with Gasteiger partial charge in [0.2, 0.25) is 0 Å². The third kappa shape index (κ3) is 3.16. The van der Waals surface area contributed by atoms with Crippen LogP contribution in [0.5, 0.6) is 11.5 Å². The van der Waals surface area contributed by atoms with Gasteiger partial charge in [0, 0.05) is 16.4 Å². The molecule has 28 heavy (non-hydrogen) atoms. The number of hydrogen-bond acceptors (Lipinski definition) is 5. The molecule has 1 atom stereocenters. The molecule has 0 saturated heterocycles. The van der Waals surface area contributed by atoms with Gasteiger partial charge in [-0.25, -0.2) is 4.68 Å². The molecule has 0 radical (unpaired) electrons. The summed E-state index contributed by atoms with van der Waals surface area (Å²) in [6.45, 7) is 0. The minimum absolute atomic E-state index is 0.293. The number of aromatic nitrogens is 2. The van der Waals surface area contributed by atoms with E-state index in [1.54, 1.807) is 22.9 Å². The van der Waals surface area contributed by atoms with E-state index in [0.717, 1.165) is 16.9 Å². The first-order chi connectivity index (χ1) is 13.6. The highest BCUT2D eigenvalue weighted by atomic mass is 32.2. The Bertz CT molecular complexity index is 1040. The Kier molecular flexibility index (Phi) is 4.87. The van der Waals surface area contributed by atoms with Crippen LogP contribution in [0.25, 0.3) is 5.69 Å². The van der Waals surface area contributed by atoms with Crippen LogP contribution in [0.15, 0.2) is 48.5 Å². The van der Waals surface area contributed by atoms with Gasteiger partial charge in [-0.2, -0.15) is 5.10 Å². The number of benzene rings is 2. The molecule has 144 valence electrons. The van der Waals surface area contributed by atoms with Gasteiger partial charge in [-0.15, -0.1) is 0 Å². The Hall–Kier alpha value is -3.13. The Labute approximate surface area is 164 Å². The average Bonchev–Trinajstić information content (AvgIpc) is 3.24. The average molecular weight is 397 g/mol. The summed E-state index contributed by atoms with van der Waals surface area (Å²) in [7, 11) is 1.99. The van der Waals surface area contributed by atoms with Crippen LogP contribution in [-0.4, -0.2) is 34.1 Å². The van der Waals surface area contributed by atoms with Crippen LogP contribution in [0.3, 0.4) is 0 Å². The number of fused-ring (bicyclic) bond motifs is 1. The number of ether oxygens (including phenoxy) is 2. The zero-order valence-corrected chi connectivity index (χ0v) is 16.3. The van der Waals surface area contributed by atoms with E-state index in [9.17, 15) is 9.00 Å². The molecule has 2 heterocycles. The Morgan fingerprint density at radius 1 is 1.04 bits per heavy atom. The van der Waals surface area contributed by atoms with Gasteiger partial charge in [-0.3, -0.25) is 9.00 Å². The van der Waals surface area contributed by atoms with Gasteiger partial charge in [0.15, 0.2) is 0 Å². The molecule has 8 heteroatoms. The van der Waals surface area contributed by atoms with Crippen molar-refractivity contribution in [2.24, 2.45) is 0 Å². The Morgan fingerprint density at radius 3 is 2.36 bits per heavy atom. The summed E-state index contributed by atoms with van der Waals surface area (Å²) in [5, 5.41) is 7.53. The molecule has 7 nitrogen and oxygen atoms in total. The Morgan fingerprint density at radius 2 is 1.71 bits per heavy atom. The van der Waals surface area contributed by atoms with Crippen LogP contribution in [0.4, 0.5) is 5.82 Å². The monoisotopic (exact) mass is 397 g/mol. The normalized spacial score (nSPS) is 15.1. The van der Waals surface area contributed by atoms with E-state index in [0.29, 0.717) is 34.4 Å². The third-order valence-electron chi connectivity index (χ3n) is 4.56. The predicted molar refractivity (Wildman–Crippen MR) is 107 cm³/mol. The lowest BCUT2D eigenvalue weighted by molar-refractivity contribution is 0.102.